The number of benzene rings is 2. The van der Waals surface area contributed by atoms with Crippen LogP contribution in [0.1, 0.15) is 49.9 Å². The smallest absolute Gasteiger partial charge is 0.411 e. The average Bonchev–Trinajstić information content (AvgIpc) is 3.42. The van der Waals surface area contributed by atoms with E-state index in [0.29, 0.717) is 65.0 Å². The quantitative estimate of drug-likeness (QED) is 0.269. The molecule has 3 heterocycles. The number of H-pyrrole nitrogens is 1. The van der Waals surface area contributed by atoms with Gasteiger partial charge in [-0.1, -0.05) is 40.9 Å². The number of rotatable bonds is 3. The summed E-state index contributed by atoms with van der Waals surface area (Å²) in [7, 11) is 1.43. The number of nitrogens with one attached hydrogen (secondary N) is 2. The molecule has 0 saturated carbocycles. The SMILES string of the molecule is C[C@@H]1CCC[C@H](N2CCC(c3c(Br)ccc(Cl)c3F)=CC2=O)c2cnc([nH]2)-c2ccc(N(C)C(=O)O)cc2NC1=O. The Morgan fingerprint density at radius 3 is 2.76 bits per heavy atom. The van der Waals surface area contributed by atoms with Crippen molar-refractivity contribution in [2.75, 3.05) is 23.8 Å². The van der Waals surface area contributed by atoms with Gasteiger partial charge >= 0.3 is 6.09 Å². The number of hydrogen-bond donors (Lipinski definition) is 3. The molecule has 12 heteroatoms. The molecule has 214 valence electrons. The van der Waals surface area contributed by atoms with E-state index in [0.717, 1.165) is 10.6 Å². The molecule has 0 unspecified atom stereocenters. The Kier molecular flexibility index (Phi) is 8.19. The summed E-state index contributed by atoms with van der Waals surface area (Å²) in [5, 5.41) is 12.3. The van der Waals surface area contributed by atoms with Gasteiger partial charge in [-0.15, -0.1) is 0 Å². The molecule has 2 bridgehead atoms. The van der Waals surface area contributed by atoms with E-state index in [1.165, 1.54) is 19.2 Å². The van der Waals surface area contributed by atoms with E-state index >= 15 is 0 Å². The van der Waals surface area contributed by atoms with Crippen LogP contribution in [0, 0.1) is 11.7 Å². The van der Waals surface area contributed by atoms with Gasteiger partial charge in [0.05, 0.1) is 28.6 Å². The summed E-state index contributed by atoms with van der Waals surface area (Å²) in [4.78, 5) is 48.8. The van der Waals surface area contributed by atoms with Crippen LogP contribution in [0.3, 0.4) is 0 Å². The van der Waals surface area contributed by atoms with E-state index in [1.807, 2.05) is 6.92 Å². The van der Waals surface area contributed by atoms with E-state index in [9.17, 15) is 23.9 Å². The van der Waals surface area contributed by atoms with Gasteiger partial charge in [0.1, 0.15) is 11.6 Å². The highest BCUT2D eigenvalue weighted by molar-refractivity contribution is 9.10. The van der Waals surface area contributed by atoms with E-state index in [-0.39, 0.29) is 34.4 Å². The molecule has 2 aromatic carbocycles. The fraction of sp³-hybridized carbons (Fsp3) is 0.310. The molecule has 0 aliphatic carbocycles. The lowest BCUT2D eigenvalue weighted by molar-refractivity contribution is -0.129. The second kappa shape index (κ2) is 11.7. The molecular weight excluding hydrogens is 617 g/mol. The average molecular weight is 645 g/mol. The van der Waals surface area contributed by atoms with E-state index in [1.54, 1.807) is 35.4 Å². The molecule has 0 saturated heterocycles. The Morgan fingerprint density at radius 2 is 2.02 bits per heavy atom. The van der Waals surface area contributed by atoms with Crippen LogP contribution in [0.25, 0.3) is 17.0 Å². The van der Waals surface area contributed by atoms with Crippen LogP contribution >= 0.6 is 27.5 Å². The minimum Gasteiger partial charge on any atom is -0.465 e. The third kappa shape index (κ3) is 5.73. The molecule has 1 aromatic heterocycles. The number of carbonyl (C=O) groups is 3. The van der Waals surface area contributed by atoms with Crippen LogP contribution in [0.2, 0.25) is 5.02 Å². The standard InChI is InChI=1S/C29H28BrClFN5O4/c1-15-4-3-5-23(37-11-10-16(12-24(37)38)25-19(30)8-9-20(31)26(25)32)22-14-33-27(34-22)18-7-6-17(36(2)29(40)41)13-21(18)35-28(15)39/h6-9,12-15,23H,3-5,10-11H2,1-2H3,(H,33,34)(H,35,39)(H,40,41)/t15-,23+/m1/s1. The molecule has 3 aromatic rings. The highest BCUT2D eigenvalue weighted by atomic mass is 79.9. The van der Waals surface area contributed by atoms with Gasteiger partial charge in [0.25, 0.3) is 0 Å². The number of aromatic nitrogens is 2. The Hall–Kier alpha value is -3.70. The molecule has 2 atom stereocenters. The first-order chi connectivity index (χ1) is 19.5. The second-order valence-corrected chi connectivity index (χ2v) is 11.5. The van der Waals surface area contributed by atoms with Gasteiger partial charge < -0.3 is 20.3 Å². The van der Waals surface area contributed by atoms with E-state index < -0.39 is 11.9 Å². The summed E-state index contributed by atoms with van der Waals surface area (Å²) in [5.74, 6) is -0.860. The molecule has 2 aliphatic rings. The van der Waals surface area contributed by atoms with Crippen molar-refractivity contribution < 1.29 is 23.9 Å². The number of anilines is 2. The summed E-state index contributed by atoms with van der Waals surface area (Å²) in [6, 6.07) is 7.73. The van der Waals surface area contributed by atoms with E-state index in [2.05, 4.69) is 31.2 Å². The molecular formula is C29H28BrClFN5O4. The van der Waals surface area contributed by atoms with Crippen molar-refractivity contribution in [3.05, 3.63) is 69.2 Å². The fourth-order valence-electron chi connectivity index (χ4n) is 5.27. The molecule has 9 nitrogen and oxygen atoms in total. The van der Waals surface area contributed by atoms with Gasteiger partial charge in [-0.3, -0.25) is 14.5 Å². The van der Waals surface area contributed by atoms with Gasteiger partial charge in [-0.2, -0.15) is 0 Å². The molecule has 5 rings (SSSR count). The summed E-state index contributed by atoms with van der Waals surface area (Å²) in [6.07, 6.45) is 4.29. The lowest BCUT2D eigenvalue weighted by Gasteiger charge is -2.34. The number of fused-ring (bicyclic) bond motifs is 4. The van der Waals surface area contributed by atoms with Crippen LogP contribution < -0.4 is 10.2 Å². The number of halogens is 3. The lowest BCUT2D eigenvalue weighted by Crippen LogP contribution is -2.37. The third-order valence-corrected chi connectivity index (χ3v) is 8.60. The van der Waals surface area contributed by atoms with Gasteiger partial charge in [0.2, 0.25) is 11.8 Å². The Bertz CT molecular complexity index is 1570. The molecule has 0 radical (unpaired) electrons. The topological polar surface area (TPSA) is 119 Å². The summed E-state index contributed by atoms with van der Waals surface area (Å²) in [6.45, 7) is 2.20. The number of nitrogens with zero attached hydrogens (tertiary/aromatic N) is 3. The highest BCUT2D eigenvalue weighted by Gasteiger charge is 2.31. The van der Waals surface area contributed by atoms with Crippen LogP contribution in [0.15, 0.2) is 47.1 Å². The predicted octanol–water partition coefficient (Wildman–Crippen LogP) is 6.86. The van der Waals surface area contributed by atoms with Crippen molar-refractivity contribution in [2.24, 2.45) is 5.92 Å². The molecule has 3 amide bonds. The largest absolute Gasteiger partial charge is 0.465 e. The van der Waals surface area contributed by atoms with Gasteiger partial charge in [-0.25, -0.2) is 14.2 Å². The minimum absolute atomic E-state index is 0.0107. The highest BCUT2D eigenvalue weighted by Crippen LogP contribution is 2.38. The van der Waals surface area contributed by atoms with Crippen molar-refractivity contribution in [3.8, 4) is 11.4 Å². The monoisotopic (exact) mass is 643 g/mol. The normalized spacial score (nSPS) is 19.4. The van der Waals surface area contributed by atoms with Crippen molar-refractivity contribution in [1.82, 2.24) is 14.9 Å². The van der Waals surface area contributed by atoms with Gasteiger partial charge in [-0.05, 0) is 55.2 Å². The first-order valence-electron chi connectivity index (χ1n) is 13.2. The van der Waals surface area contributed by atoms with Crippen LogP contribution in [-0.4, -0.2) is 51.5 Å². The Labute approximate surface area is 249 Å². The second-order valence-electron chi connectivity index (χ2n) is 10.3. The lowest BCUT2D eigenvalue weighted by atomic mass is 9.94. The van der Waals surface area contributed by atoms with Crippen molar-refractivity contribution in [3.63, 3.8) is 0 Å². The first kappa shape index (κ1) is 28.8. The molecule has 0 spiro atoms. The fourth-order valence-corrected chi connectivity index (χ4v) is 5.99. The zero-order valence-corrected chi connectivity index (χ0v) is 24.7. The minimum atomic E-state index is -1.13. The zero-order chi connectivity index (χ0) is 29.4. The van der Waals surface area contributed by atoms with Crippen molar-refractivity contribution in [1.29, 1.82) is 0 Å². The van der Waals surface area contributed by atoms with Crippen molar-refractivity contribution in [2.45, 2.75) is 38.6 Å². The third-order valence-electron chi connectivity index (χ3n) is 7.65. The van der Waals surface area contributed by atoms with Crippen LogP contribution in [0.5, 0.6) is 0 Å². The first-order valence-corrected chi connectivity index (χ1v) is 14.3. The van der Waals surface area contributed by atoms with Crippen LogP contribution in [-0.2, 0) is 9.59 Å². The maximum atomic E-state index is 14.9. The number of carboxylic acid groups (broad SMARTS) is 1. The predicted molar refractivity (Wildman–Crippen MR) is 158 cm³/mol. The zero-order valence-electron chi connectivity index (χ0n) is 22.4. The van der Waals surface area contributed by atoms with Crippen molar-refractivity contribution >= 4 is 62.4 Å². The Morgan fingerprint density at radius 1 is 1.24 bits per heavy atom. The van der Waals surface area contributed by atoms with Gasteiger partial charge in [0, 0.05) is 46.9 Å². The van der Waals surface area contributed by atoms with Crippen LogP contribution in [0.4, 0.5) is 20.6 Å². The molecule has 0 fully saturated rings. The number of carbonyl (C=O) groups excluding carboxylic acids is 2. The number of amides is 3. The van der Waals surface area contributed by atoms with Gasteiger partial charge in [0.15, 0.2) is 0 Å². The molecule has 2 aliphatic heterocycles. The Balaban J connectivity index is 1.51. The molecule has 3 N–H and O–H groups in total. The summed E-state index contributed by atoms with van der Waals surface area (Å²) >= 11 is 9.40. The van der Waals surface area contributed by atoms with E-state index in [4.69, 9.17) is 11.6 Å². The molecule has 41 heavy (non-hydrogen) atoms. The maximum Gasteiger partial charge on any atom is 0.411 e. The maximum absolute atomic E-state index is 14.9. The number of hydrogen-bond acceptors (Lipinski definition) is 4. The summed E-state index contributed by atoms with van der Waals surface area (Å²) < 4.78 is 15.4. The number of imidazole rings is 1. The number of aromatic amines is 1. The summed E-state index contributed by atoms with van der Waals surface area (Å²) in [5.41, 5.74) is 3.01.